The number of nitrogens with one attached hydrogen (secondary N) is 3. The summed E-state index contributed by atoms with van der Waals surface area (Å²) in [5, 5.41) is 97.8. The summed E-state index contributed by atoms with van der Waals surface area (Å²) in [6, 6.07) is 0. The molecule has 3 fully saturated rings. The molecular weight excluding hydrogens is 1210 g/mol. The van der Waals surface area contributed by atoms with E-state index >= 15 is 0 Å². The third-order valence-electron chi connectivity index (χ3n) is 17.1. The van der Waals surface area contributed by atoms with Gasteiger partial charge < -0.3 is 105 Å². The van der Waals surface area contributed by atoms with E-state index in [0.717, 1.165) is 0 Å². The maximum absolute atomic E-state index is 12.9. The van der Waals surface area contributed by atoms with Crippen LogP contribution in [-0.4, -0.2) is 254 Å². The number of aliphatic hydroxyl groups is 9. The van der Waals surface area contributed by atoms with Gasteiger partial charge in [0.25, 0.3) is 0 Å². The largest absolute Gasteiger partial charge is 0.394 e. The Balaban J connectivity index is 1.36. The first kappa shape index (κ1) is 82.9. The maximum atomic E-state index is 12.9. The second-order valence-electron chi connectivity index (χ2n) is 25.7. The molecule has 12 N–H and O–H groups in total. The lowest BCUT2D eigenvalue weighted by molar-refractivity contribution is -0.282. The molecule has 3 rings (SSSR count). The van der Waals surface area contributed by atoms with Crippen molar-refractivity contribution in [1.29, 1.82) is 0 Å². The first-order valence-corrected chi connectivity index (χ1v) is 33.9. The van der Waals surface area contributed by atoms with Crippen molar-refractivity contribution in [3.8, 4) is 0 Å². The number of rotatable bonds is 53. The van der Waals surface area contributed by atoms with Crippen LogP contribution in [0.1, 0.15) is 176 Å². The van der Waals surface area contributed by atoms with Gasteiger partial charge in [-0.05, 0) is 89.4 Å². The molecule has 3 aliphatic rings. The van der Waals surface area contributed by atoms with E-state index in [1.54, 1.807) is 20.8 Å². The minimum absolute atomic E-state index is 0.0230. The van der Waals surface area contributed by atoms with Crippen molar-refractivity contribution in [3.05, 3.63) is 0 Å². The van der Waals surface area contributed by atoms with Gasteiger partial charge in [0.05, 0.1) is 77.8 Å². The zero-order chi connectivity index (χ0) is 67.8. The molecule has 0 aromatic rings. The van der Waals surface area contributed by atoms with Crippen LogP contribution < -0.4 is 16.0 Å². The summed E-state index contributed by atoms with van der Waals surface area (Å²) in [5.41, 5.74) is -0.661. The summed E-state index contributed by atoms with van der Waals surface area (Å²) in [4.78, 5) is 76.1. The van der Waals surface area contributed by atoms with Crippen LogP contribution in [0.15, 0.2) is 0 Å². The van der Waals surface area contributed by atoms with Crippen molar-refractivity contribution in [2.75, 3.05) is 98.9 Å². The molecule has 3 saturated heterocycles. The standard InChI is InChI=1S/C65H117N3O24/c1-43(2)36-65(40-84-33-24-47(72)18-6-12-27-66-53(75)21-9-15-30-87-62-44(3)56(78)59(81)50(37-69)90-62,41-85-34-25-48(73)19-7-13-28-67-54(76)22-10-16-31-88-63-45(4)57(79)60(82)51(38-70)91-63)42-86-35-26-49(74)20-8-14-29-68-55(77)23-11-17-32-89-64-46(5)58(80)61(83)52(39-71)92-64/h43-46,50-52,56-64,69-71,78-83H,6-42H2,1-5H3,(H,66,75)(H,67,76)(H,68,77)/t44?,45?,46?,50?,51?,52?,56-,57-,58-,59+,60+,61+,62-,63-,64-,65?/m1/s1. The topological polar surface area (TPSA) is 404 Å². The molecule has 0 radical (unpaired) electrons. The van der Waals surface area contributed by atoms with Gasteiger partial charge in [-0.2, -0.15) is 0 Å². The third-order valence-corrected chi connectivity index (χ3v) is 17.1. The first-order valence-electron chi connectivity index (χ1n) is 33.9. The molecule has 536 valence electrons. The number of carbonyl (C=O) groups is 6. The summed E-state index contributed by atoms with van der Waals surface area (Å²) >= 11 is 0. The predicted molar refractivity (Wildman–Crippen MR) is 334 cm³/mol. The molecule has 3 amide bonds. The first-order chi connectivity index (χ1) is 44.1. The molecule has 0 aromatic carbocycles. The fourth-order valence-corrected chi connectivity index (χ4v) is 11.3. The van der Waals surface area contributed by atoms with Crippen molar-refractivity contribution in [2.24, 2.45) is 29.1 Å². The maximum Gasteiger partial charge on any atom is 0.219 e. The van der Waals surface area contributed by atoms with Crippen LogP contribution in [0.4, 0.5) is 0 Å². The minimum atomic E-state index is -1.20. The Morgan fingerprint density at radius 1 is 0.380 bits per heavy atom. The Morgan fingerprint density at radius 2 is 0.652 bits per heavy atom. The number of unbranched alkanes of at least 4 members (excludes halogenated alkanes) is 6. The summed E-state index contributed by atoms with van der Waals surface area (Å²) in [6.45, 7) is 11.1. The highest BCUT2D eigenvalue weighted by Gasteiger charge is 2.45. The molecular formula is C65H117N3O24. The number of ether oxygens (including phenoxy) is 9. The molecule has 0 aliphatic carbocycles. The van der Waals surface area contributed by atoms with Crippen LogP contribution in [-0.2, 0) is 71.4 Å². The van der Waals surface area contributed by atoms with E-state index in [9.17, 15) is 74.7 Å². The van der Waals surface area contributed by atoms with Crippen LogP contribution in [0.3, 0.4) is 0 Å². The number of hydrogen-bond acceptors (Lipinski definition) is 24. The average Bonchev–Trinajstić information content (AvgIpc) is 0.908. The van der Waals surface area contributed by atoms with E-state index in [0.29, 0.717) is 122 Å². The normalized spacial score (nSPS) is 27.4. The van der Waals surface area contributed by atoms with Gasteiger partial charge in [0.1, 0.15) is 54.0 Å². The van der Waals surface area contributed by atoms with Gasteiger partial charge in [-0.1, -0.05) is 34.6 Å². The lowest BCUT2D eigenvalue weighted by atomic mass is 9.82. The van der Waals surface area contributed by atoms with Crippen molar-refractivity contribution in [2.45, 2.75) is 250 Å². The minimum Gasteiger partial charge on any atom is -0.394 e. The lowest BCUT2D eigenvalue weighted by Crippen LogP contribution is -2.55. The molecule has 0 saturated carbocycles. The molecule has 3 aliphatic heterocycles. The number of carbonyl (C=O) groups excluding carboxylic acids is 6. The average molecular weight is 1320 g/mol. The van der Waals surface area contributed by atoms with Crippen LogP contribution in [0, 0.1) is 29.1 Å². The van der Waals surface area contributed by atoms with Gasteiger partial charge in [0, 0.05) is 120 Å². The highest BCUT2D eigenvalue weighted by atomic mass is 16.7. The highest BCUT2D eigenvalue weighted by Crippen LogP contribution is 2.31. The van der Waals surface area contributed by atoms with E-state index < -0.39 is 117 Å². The summed E-state index contributed by atoms with van der Waals surface area (Å²) in [5.74, 6) is -1.58. The number of Topliss-reactive ketones (excluding diaryl/α,β-unsaturated/α-hetero) is 3. The third kappa shape index (κ3) is 32.6. The SMILES string of the molecule is CC(C)CC(COCCC(=O)CCCCNC(=O)CCCCO[C@@H]1OC(CO)[C@H](O)[C@H](O)C1C)(COCCC(=O)CCCCNC(=O)CCCCO[C@@H]1OC(CO)[C@H](O)[C@H](O)C1C)COCCC(=O)CCCCNC(=O)CCCCO[C@@H]1OC(CO)[C@H](O)[C@H](O)C1C. The molecule has 6 unspecified atom stereocenters. The van der Waals surface area contributed by atoms with E-state index in [1.165, 1.54) is 0 Å². The molecule has 0 bridgehead atoms. The van der Waals surface area contributed by atoms with Crippen molar-refractivity contribution < 1.29 is 117 Å². The fraction of sp³-hybridized carbons (Fsp3) is 0.908. The van der Waals surface area contributed by atoms with Gasteiger partial charge in [-0.25, -0.2) is 0 Å². The second kappa shape index (κ2) is 47.6. The molecule has 27 heteroatoms. The van der Waals surface area contributed by atoms with Gasteiger partial charge in [0.2, 0.25) is 17.7 Å². The van der Waals surface area contributed by atoms with Crippen molar-refractivity contribution in [3.63, 3.8) is 0 Å². The van der Waals surface area contributed by atoms with E-state index in [2.05, 4.69) is 29.8 Å². The van der Waals surface area contributed by atoms with Gasteiger partial charge in [-0.15, -0.1) is 0 Å². The van der Waals surface area contributed by atoms with Crippen molar-refractivity contribution in [1.82, 2.24) is 16.0 Å². The number of ketones is 3. The highest BCUT2D eigenvalue weighted by molar-refractivity contribution is 5.79. The summed E-state index contributed by atoms with van der Waals surface area (Å²) < 4.78 is 52.5. The Hall–Kier alpha value is -3.30. The Labute approximate surface area is 544 Å². The number of hydrogen-bond donors (Lipinski definition) is 12. The van der Waals surface area contributed by atoms with Crippen LogP contribution in [0.2, 0.25) is 0 Å². The zero-order valence-corrected chi connectivity index (χ0v) is 55.5. The smallest absolute Gasteiger partial charge is 0.219 e. The summed E-state index contributed by atoms with van der Waals surface area (Å²) in [7, 11) is 0. The molecule has 27 nitrogen and oxygen atoms in total. The summed E-state index contributed by atoms with van der Waals surface area (Å²) in [6.07, 6.45) is -2.08. The molecule has 15 atom stereocenters. The Kier molecular flexibility index (Phi) is 42.9. The molecule has 92 heavy (non-hydrogen) atoms. The Morgan fingerprint density at radius 3 is 0.913 bits per heavy atom. The molecule has 0 spiro atoms. The van der Waals surface area contributed by atoms with Crippen LogP contribution in [0.25, 0.3) is 0 Å². The fourth-order valence-electron chi connectivity index (χ4n) is 11.3. The van der Waals surface area contributed by atoms with Gasteiger partial charge >= 0.3 is 0 Å². The van der Waals surface area contributed by atoms with Crippen LogP contribution in [0.5, 0.6) is 0 Å². The monoisotopic (exact) mass is 1320 g/mol. The van der Waals surface area contributed by atoms with Gasteiger partial charge in [-0.3, -0.25) is 28.8 Å². The van der Waals surface area contributed by atoms with E-state index in [1.807, 2.05) is 0 Å². The number of amides is 3. The second-order valence-corrected chi connectivity index (χ2v) is 25.7. The van der Waals surface area contributed by atoms with Crippen LogP contribution >= 0.6 is 0 Å². The van der Waals surface area contributed by atoms with E-state index in [-0.39, 0.29) is 139 Å². The van der Waals surface area contributed by atoms with Gasteiger partial charge in [0.15, 0.2) is 18.9 Å². The Bertz CT molecular complexity index is 1830. The quantitative estimate of drug-likeness (QED) is 0.0385. The van der Waals surface area contributed by atoms with Crippen molar-refractivity contribution >= 4 is 35.1 Å². The lowest BCUT2D eigenvalue weighted by Gasteiger charge is -2.40. The number of aliphatic hydroxyl groups excluding tert-OH is 9. The predicted octanol–water partition coefficient (Wildman–Crippen LogP) is 1.59. The van der Waals surface area contributed by atoms with E-state index in [4.69, 9.17) is 42.6 Å². The molecule has 3 heterocycles. The molecule has 0 aromatic heterocycles. The zero-order valence-electron chi connectivity index (χ0n) is 55.5.